The first kappa shape index (κ1) is 13.9. The highest BCUT2D eigenvalue weighted by Crippen LogP contribution is 2.20. The van der Waals surface area contributed by atoms with E-state index >= 15 is 0 Å². The Hall–Kier alpha value is -2.09. The minimum Gasteiger partial charge on any atom is -0.359 e. The molecular formula is C13H21N7O. The van der Waals surface area contributed by atoms with Crippen molar-refractivity contribution in [3.05, 3.63) is 10.4 Å². The predicted octanol–water partition coefficient (Wildman–Crippen LogP) is -0.399. The van der Waals surface area contributed by atoms with Crippen molar-refractivity contribution >= 4 is 23.1 Å². The number of aryl methyl sites for hydroxylation is 1. The Morgan fingerprint density at radius 1 is 1.29 bits per heavy atom. The Labute approximate surface area is 122 Å². The van der Waals surface area contributed by atoms with E-state index in [0.717, 1.165) is 32.1 Å². The van der Waals surface area contributed by atoms with Crippen LogP contribution in [0.25, 0.3) is 11.2 Å². The average Bonchev–Trinajstić information content (AvgIpc) is 2.90. The molecule has 114 valence electrons. The summed E-state index contributed by atoms with van der Waals surface area (Å²) in [5.41, 5.74) is 1.02. The fourth-order valence-corrected chi connectivity index (χ4v) is 2.78. The van der Waals surface area contributed by atoms with E-state index in [9.17, 15) is 4.79 Å². The summed E-state index contributed by atoms with van der Waals surface area (Å²) < 4.78 is 3.49. The van der Waals surface area contributed by atoms with E-state index in [2.05, 4.69) is 25.5 Å². The smallest absolute Gasteiger partial charge is 0.280 e. The van der Waals surface area contributed by atoms with E-state index in [0.29, 0.717) is 23.7 Å². The Bertz CT molecular complexity index is 711. The van der Waals surface area contributed by atoms with Crippen LogP contribution < -0.4 is 21.1 Å². The zero-order chi connectivity index (χ0) is 15.0. The molecule has 2 aromatic rings. The third kappa shape index (κ3) is 2.15. The molecule has 2 N–H and O–H groups in total. The van der Waals surface area contributed by atoms with Crippen LogP contribution in [0.2, 0.25) is 0 Å². The minimum absolute atomic E-state index is 0.0694. The molecule has 0 aliphatic carbocycles. The van der Waals surface area contributed by atoms with E-state index in [4.69, 9.17) is 0 Å². The SMILES string of the molecule is CCn1c(N2CCNCC2)nc2nc(NC)n(C)c(=O)c21. The molecule has 0 radical (unpaired) electrons. The van der Waals surface area contributed by atoms with E-state index in [-0.39, 0.29) is 5.56 Å². The Morgan fingerprint density at radius 3 is 2.62 bits per heavy atom. The highest BCUT2D eigenvalue weighted by Gasteiger charge is 2.22. The molecule has 0 unspecified atom stereocenters. The molecule has 21 heavy (non-hydrogen) atoms. The lowest BCUT2D eigenvalue weighted by molar-refractivity contribution is 0.569. The topological polar surface area (TPSA) is 80.0 Å². The summed E-state index contributed by atoms with van der Waals surface area (Å²) in [4.78, 5) is 23.9. The Balaban J connectivity index is 2.22. The van der Waals surface area contributed by atoms with Gasteiger partial charge in [0.25, 0.3) is 5.56 Å². The first-order chi connectivity index (χ1) is 10.2. The van der Waals surface area contributed by atoms with Crippen molar-refractivity contribution < 1.29 is 0 Å². The molecule has 8 nitrogen and oxygen atoms in total. The monoisotopic (exact) mass is 291 g/mol. The van der Waals surface area contributed by atoms with Crippen molar-refractivity contribution in [3.8, 4) is 0 Å². The summed E-state index contributed by atoms with van der Waals surface area (Å²) in [5, 5.41) is 6.26. The number of anilines is 2. The molecule has 0 atom stereocenters. The van der Waals surface area contributed by atoms with Crippen molar-refractivity contribution in [1.82, 2.24) is 24.4 Å². The molecule has 8 heteroatoms. The van der Waals surface area contributed by atoms with Crippen LogP contribution in [-0.4, -0.2) is 52.3 Å². The average molecular weight is 291 g/mol. The lowest BCUT2D eigenvalue weighted by atomic mass is 10.4. The largest absolute Gasteiger partial charge is 0.359 e. The van der Waals surface area contributed by atoms with Gasteiger partial charge in [-0.15, -0.1) is 0 Å². The lowest BCUT2D eigenvalue weighted by Gasteiger charge is -2.28. The number of imidazole rings is 1. The van der Waals surface area contributed by atoms with Crippen molar-refractivity contribution in [2.45, 2.75) is 13.5 Å². The van der Waals surface area contributed by atoms with Gasteiger partial charge in [0.05, 0.1) is 0 Å². The van der Waals surface area contributed by atoms with E-state index < -0.39 is 0 Å². The molecular weight excluding hydrogens is 270 g/mol. The summed E-state index contributed by atoms with van der Waals surface area (Å²) in [6, 6.07) is 0. The first-order valence-electron chi connectivity index (χ1n) is 7.28. The van der Waals surface area contributed by atoms with Crippen molar-refractivity contribution in [1.29, 1.82) is 0 Å². The first-order valence-corrected chi connectivity index (χ1v) is 7.28. The third-order valence-corrected chi connectivity index (χ3v) is 3.91. The summed E-state index contributed by atoms with van der Waals surface area (Å²) in [5.74, 6) is 1.37. The van der Waals surface area contributed by atoms with Gasteiger partial charge in [-0.25, -0.2) is 0 Å². The van der Waals surface area contributed by atoms with Crippen LogP contribution in [0, 0.1) is 0 Å². The van der Waals surface area contributed by atoms with Crippen LogP contribution in [0.5, 0.6) is 0 Å². The van der Waals surface area contributed by atoms with Gasteiger partial charge in [-0.1, -0.05) is 0 Å². The lowest BCUT2D eigenvalue weighted by Crippen LogP contribution is -2.44. The second-order valence-corrected chi connectivity index (χ2v) is 5.11. The number of fused-ring (bicyclic) bond motifs is 1. The zero-order valence-electron chi connectivity index (χ0n) is 12.7. The summed E-state index contributed by atoms with van der Waals surface area (Å²) in [6.45, 7) is 6.37. The van der Waals surface area contributed by atoms with Gasteiger partial charge in [-0.3, -0.25) is 9.36 Å². The van der Waals surface area contributed by atoms with E-state index in [1.807, 2.05) is 11.5 Å². The zero-order valence-corrected chi connectivity index (χ0v) is 12.7. The van der Waals surface area contributed by atoms with Crippen LogP contribution in [0.4, 0.5) is 11.9 Å². The molecule has 1 saturated heterocycles. The maximum absolute atomic E-state index is 12.6. The van der Waals surface area contributed by atoms with Crippen LogP contribution in [-0.2, 0) is 13.6 Å². The van der Waals surface area contributed by atoms with Crippen molar-refractivity contribution in [3.63, 3.8) is 0 Å². The predicted molar refractivity (Wildman–Crippen MR) is 83.1 cm³/mol. The number of aromatic nitrogens is 4. The molecule has 0 aromatic carbocycles. The highest BCUT2D eigenvalue weighted by atomic mass is 16.1. The second-order valence-electron chi connectivity index (χ2n) is 5.11. The van der Waals surface area contributed by atoms with E-state index in [1.165, 1.54) is 4.57 Å². The quantitative estimate of drug-likeness (QED) is 0.801. The summed E-state index contributed by atoms with van der Waals surface area (Å²) in [7, 11) is 3.47. The van der Waals surface area contributed by atoms with Gasteiger partial charge in [-0.2, -0.15) is 9.97 Å². The molecule has 0 amide bonds. The molecule has 3 rings (SSSR count). The maximum Gasteiger partial charge on any atom is 0.280 e. The summed E-state index contributed by atoms with van der Waals surface area (Å²) >= 11 is 0. The van der Waals surface area contributed by atoms with Crippen molar-refractivity contribution in [2.75, 3.05) is 43.4 Å². The van der Waals surface area contributed by atoms with Gasteiger partial charge in [0, 0.05) is 46.8 Å². The number of nitrogens with one attached hydrogen (secondary N) is 2. The molecule has 0 saturated carbocycles. The number of rotatable bonds is 3. The van der Waals surface area contributed by atoms with Crippen LogP contribution in [0.15, 0.2) is 4.79 Å². The van der Waals surface area contributed by atoms with Crippen LogP contribution in [0.3, 0.4) is 0 Å². The maximum atomic E-state index is 12.6. The normalized spacial score (nSPS) is 15.7. The van der Waals surface area contributed by atoms with Crippen molar-refractivity contribution in [2.24, 2.45) is 7.05 Å². The molecule has 1 aliphatic heterocycles. The van der Waals surface area contributed by atoms with Gasteiger partial charge >= 0.3 is 0 Å². The number of hydrogen-bond acceptors (Lipinski definition) is 6. The molecule has 0 bridgehead atoms. The fourth-order valence-electron chi connectivity index (χ4n) is 2.78. The molecule has 1 fully saturated rings. The number of piperazine rings is 1. The Morgan fingerprint density at radius 2 is 2.00 bits per heavy atom. The molecule has 0 spiro atoms. The van der Waals surface area contributed by atoms with Gasteiger partial charge < -0.3 is 20.1 Å². The molecule has 1 aliphatic rings. The molecule has 3 heterocycles. The Kier molecular flexibility index (Phi) is 3.54. The van der Waals surface area contributed by atoms with Gasteiger partial charge in [0.1, 0.15) is 0 Å². The number of hydrogen-bond donors (Lipinski definition) is 2. The van der Waals surface area contributed by atoms with Gasteiger partial charge in [0.2, 0.25) is 11.9 Å². The fraction of sp³-hybridized carbons (Fsp3) is 0.615. The third-order valence-electron chi connectivity index (χ3n) is 3.91. The highest BCUT2D eigenvalue weighted by molar-refractivity contribution is 5.75. The van der Waals surface area contributed by atoms with E-state index in [1.54, 1.807) is 14.1 Å². The standard InChI is InChI=1S/C13H21N7O/c1-4-20-9-10(16-12(14-2)18(3)11(9)21)17-13(20)19-7-5-15-6-8-19/h15H,4-8H2,1-3H3,(H,14,16). The second kappa shape index (κ2) is 5.36. The van der Waals surface area contributed by atoms with Crippen LogP contribution in [0.1, 0.15) is 6.92 Å². The summed E-state index contributed by atoms with van der Waals surface area (Å²) in [6.07, 6.45) is 0. The van der Waals surface area contributed by atoms with Crippen LogP contribution >= 0.6 is 0 Å². The van der Waals surface area contributed by atoms with Gasteiger partial charge in [0.15, 0.2) is 11.2 Å². The van der Waals surface area contributed by atoms with Gasteiger partial charge in [-0.05, 0) is 6.92 Å². The molecule has 2 aromatic heterocycles. The minimum atomic E-state index is -0.0694. The number of nitrogens with zero attached hydrogens (tertiary/aromatic N) is 5.